The van der Waals surface area contributed by atoms with Crippen LogP contribution in [0.5, 0.6) is 0 Å². The standard InChI is InChI=1S/C23H21F3N4O3/c1-2-12-29(22(31)27-19-8-10-20(11-9-19)30(32)33)16-21-7-4-13-28(21)15-17-5-3-6-18(14-17)23(24,25)26/h2-11,13-14H,1,12,15-16H2,(H,27,31). The molecule has 2 aromatic carbocycles. The van der Waals surface area contributed by atoms with Crippen molar-refractivity contribution in [2.24, 2.45) is 0 Å². The molecule has 3 aromatic rings. The third-order valence-corrected chi connectivity index (χ3v) is 4.85. The lowest BCUT2D eigenvalue weighted by Gasteiger charge is -2.23. The molecule has 0 bridgehead atoms. The van der Waals surface area contributed by atoms with Gasteiger partial charge in [0.2, 0.25) is 0 Å². The van der Waals surface area contributed by atoms with Crippen LogP contribution in [0.2, 0.25) is 0 Å². The first-order valence-corrected chi connectivity index (χ1v) is 9.89. The minimum atomic E-state index is -4.42. The first-order valence-electron chi connectivity index (χ1n) is 9.89. The van der Waals surface area contributed by atoms with Crippen molar-refractivity contribution in [3.05, 3.63) is 106 Å². The van der Waals surface area contributed by atoms with Crippen molar-refractivity contribution < 1.29 is 22.9 Å². The van der Waals surface area contributed by atoms with Crippen LogP contribution in [0.3, 0.4) is 0 Å². The smallest absolute Gasteiger partial charge is 0.345 e. The summed E-state index contributed by atoms with van der Waals surface area (Å²) in [5, 5.41) is 13.5. The van der Waals surface area contributed by atoms with Crippen LogP contribution in [0, 0.1) is 10.1 Å². The van der Waals surface area contributed by atoms with E-state index < -0.39 is 22.7 Å². The Labute approximate surface area is 187 Å². The zero-order chi connectivity index (χ0) is 24.0. The zero-order valence-corrected chi connectivity index (χ0v) is 17.5. The van der Waals surface area contributed by atoms with Crippen molar-refractivity contribution in [2.75, 3.05) is 11.9 Å². The van der Waals surface area contributed by atoms with Gasteiger partial charge in [-0.1, -0.05) is 18.2 Å². The predicted octanol–water partition coefficient (Wildman–Crippen LogP) is 5.68. The fourth-order valence-electron chi connectivity index (χ4n) is 3.23. The Bertz CT molecular complexity index is 1140. The van der Waals surface area contributed by atoms with E-state index in [2.05, 4.69) is 11.9 Å². The normalized spacial score (nSPS) is 11.1. The molecule has 33 heavy (non-hydrogen) atoms. The maximum Gasteiger partial charge on any atom is 0.416 e. The lowest BCUT2D eigenvalue weighted by molar-refractivity contribution is -0.384. The van der Waals surface area contributed by atoms with Crippen LogP contribution in [-0.4, -0.2) is 27.0 Å². The third-order valence-electron chi connectivity index (χ3n) is 4.85. The molecule has 1 heterocycles. The summed E-state index contributed by atoms with van der Waals surface area (Å²) in [5.41, 5.74) is 0.771. The number of hydrogen-bond acceptors (Lipinski definition) is 3. The van der Waals surface area contributed by atoms with Gasteiger partial charge in [0.05, 0.1) is 17.0 Å². The van der Waals surface area contributed by atoms with Crippen LogP contribution in [0.1, 0.15) is 16.8 Å². The number of non-ortho nitro benzene ring substituents is 1. The average Bonchev–Trinajstić information content (AvgIpc) is 3.20. The number of anilines is 1. The van der Waals surface area contributed by atoms with E-state index in [1.807, 2.05) is 0 Å². The Morgan fingerprint density at radius 1 is 1.15 bits per heavy atom. The summed E-state index contributed by atoms with van der Waals surface area (Å²) in [5.74, 6) is 0. The summed E-state index contributed by atoms with van der Waals surface area (Å²) in [6.45, 7) is 4.26. The number of halogens is 3. The van der Waals surface area contributed by atoms with Crippen molar-refractivity contribution in [2.45, 2.75) is 19.3 Å². The number of urea groups is 1. The summed E-state index contributed by atoms with van der Waals surface area (Å²) in [6, 6.07) is 13.6. The molecule has 0 aliphatic carbocycles. The second kappa shape index (κ2) is 10.0. The van der Waals surface area contributed by atoms with Gasteiger partial charge in [0.25, 0.3) is 5.69 Å². The van der Waals surface area contributed by atoms with E-state index in [0.29, 0.717) is 16.9 Å². The minimum absolute atomic E-state index is 0.0941. The Hall–Kier alpha value is -4.08. The molecular weight excluding hydrogens is 437 g/mol. The third kappa shape index (κ3) is 6.22. The minimum Gasteiger partial charge on any atom is -0.345 e. The average molecular weight is 458 g/mol. The molecule has 0 saturated heterocycles. The lowest BCUT2D eigenvalue weighted by Crippen LogP contribution is -2.35. The fraction of sp³-hybridized carbons (Fsp3) is 0.174. The highest BCUT2D eigenvalue weighted by Gasteiger charge is 2.30. The van der Waals surface area contributed by atoms with E-state index in [4.69, 9.17) is 0 Å². The number of aromatic nitrogens is 1. The molecule has 0 aliphatic heterocycles. The molecule has 10 heteroatoms. The predicted molar refractivity (Wildman–Crippen MR) is 118 cm³/mol. The second-order valence-corrected chi connectivity index (χ2v) is 7.23. The number of alkyl halides is 3. The topological polar surface area (TPSA) is 80.4 Å². The number of hydrogen-bond donors (Lipinski definition) is 1. The van der Waals surface area contributed by atoms with Gasteiger partial charge in [-0.25, -0.2) is 4.79 Å². The highest BCUT2D eigenvalue weighted by molar-refractivity contribution is 5.89. The maximum atomic E-state index is 13.0. The first kappa shape index (κ1) is 23.6. The summed E-state index contributed by atoms with van der Waals surface area (Å²) >= 11 is 0. The molecule has 7 nitrogen and oxygen atoms in total. The second-order valence-electron chi connectivity index (χ2n) is 7.23. The van der Waals surface area contributed by atoms with Gasteiger partial charge < -0.3 is 14.8 Å². The van der Waals surface area contributed by atoms with Crippen LogP contribution in [-0.2, 0) is 19.3 Å². The summed E-state index contributed by atoms with van der Waals surface area (Å²) in [4.78, 5) is 24.5. The van der Waals surface area contributed by atoms with Crippen molar-refractivity contribution in [3.63, 3.8) is 0 Å². The number of rotatable bonds is 8. The van der Waals surface area contributed by atoms with Gasteiger partial charge in [0.15, 0.2) is 0 Å². The Balaban J connectivity index is 1.73. The molecule has 0 aliphatic rings. The molecular formula is C23H21F3N4O3. The number of amides is 2. The SMILES string of the molecule is C=CCN(Cc1cccn1Cc1cccc(C(F)(F)F)c1)C(=O)Nc1ccc([N+](=O)[O-])cc1. The van der Waals surface area contributed by atoms with Gasteiger partial charge in [-0.15, -0.1) is 6.58 Å². The molecule has 0 unspecified atom stereocenters. The van der Waals surface area contributed by atoms with Gasteiger partial charge in [0.1, 0.15) is 0 Å². The van der Waals surface area contributed by atoms with Crippen molar-refractivity contribution in [1.82, 2.24) is 9.47 Å². The van der Waals surface area contributed by atoms with Crippen LogP contribution < -0.4 is 5.32 Å². The molecule has 1 N–H and O–H groups in total. The Morgan fingerprint density at radius 2 is 1.88 bits per heavy atom. The van der Waals surface area contributed by atoms with Crippen molar-refractivity contribution >= 4 is 17.4 Å². The summed E-state index contributed by atoms with van der Waals surface area (Å²) in [6.07, 6.45) is -1.14. The molecule has 3 rings (SSSR count). The number of benzene rings is 2. The number of nitro benzene ring substituents is 1. The lowest BCUT2D eigenvalue weighted by atomic mass is 10.1. The van der Waals surface area contributed by atoms with E-state index in [9.17, 15) is 28.1 Å². The van der Waals surface area contributed by atoms with Crippen molar-refractivity contribution in [1.29, 1.82) is 0 Å². The van der Waals surface area contributed by atoms with E-state index in [1.165, 1.54) is 35.2 Å². The fourth-order valence-corrected chi connectivity index (χ4v) is 3.23. The Kier molecular flexibility index (Phi) is 7.17. The van der Waals surface area contributed by atoms with Gasteiger partial charge >= 0.3 is 12.2 Å². The van der Waals surface area contributed by atoms with Crippen molar-refractivity contribution in [3.8, 4) is 0 Å². The van der Waals surface area contributed by atoms with E-state index in [-0.39, 0.29) is 25.3 Å². The number of nitrogens with zero attached hydrogens (tertiary/aromatic N) is 3. The van der Waals surface area contributed by atoms with E-state index in [1.54, 1.807) is 35.0 Å². The van der Waals surface area contributed by atoms with Gasteiger partial charge in [-0.05, 0) is 42.0 Å². The van der Waals surface area contributed by atoms with E-state index >= 15 is 0 Å². The van der Waals surface area contributed by atoms with E-state index in [0.717, 1.165) is 12.1 Å². The first-order chi connectivity index (χ1) is 15.7. The number of nitrogens with one attached hydrogen (secondary N) is 1. The number of carbonyl (C=O) groups excluding carboxylic acids is 1. The van der Waals surface area contributed by atoms with Gasteiger partial charge in [-0.2, -0.15) is 13.2 Å². The zero-order valence-electron chi connectivity index (χ0n) is 17.5. The summed E-state index contributed by atoms with van der Waals surface area (Å²) < 4.78 is 40.8. The monoisotopic (exact) mass is 458 g/mol. The van der Waals surface area contributed by atoms with Crippen LogP contribution in [0.25, 0.3) is 0 Å². The molecule has 172 valence electrons. The maximum absolute atomic E-state index is 13.0. The molecule has 0 radical (unpaired) electrons. The highest BCUT2D eigenvalue weighted by Crippen LogP contribution is 2.29. The highest BCUT2D eigenvalue weighted by atomic mass is 19.4. The van der Waals surface area contributed by atoms with Crippen LogP contribution in [0.4, 0.5) is 29.3 Å². The van der Waals surface area contributed by atoms with Gasteiger partial charge in [-0.3, -0.25) is 10.1 Å². The van der Waals surface area contributed by atoms with Gasteiger partial charge in [0, 0.05) is 42.8 Å². The number of nitro groups is 1. The molecule has 0 fully saturated rings. The Morgan fingerprint density at radius 3 is 2.52 bits per heavy atom. The molecule has 2 amide bonds. The molecule has 0 spiro atoms. The molecule has 1 aromatic heterocycles. The molecule has 0 atom stereocenters. The van der Waals surface area contributed by atoms with Crippen LogP contribution >= 0.6 is 0 Å². The van der Waals surface area contributed by atoms with Crippen LogP contribution in [0.15, 0.2) is 79.5 Å². The number of carbonyl (C=O) groups is 1. The summed E-state index contributed by atoms with van der Waals surface area (Å²) in [7, 11) is 0. The quantitative estimate of drug-likeness (QED) is 0.268. The molecule has 0 saturated carbocycles. The largest absolute Gasteiger partial charge is 0.416 e.